The second-order valence-electron chi connectivity index (χ2n) is 3.59. The molecule has 1 aromatic rings. The standard InChI is InChI=1S/C11H13NO/c1-9-4-2-3-5-11(9)12-6-10(7-12)8-13/h2-5,8,10H,6-7H2,1H3. The normalized spacial score (nSPS) is 16.8. The Kier molecular flexibility index (Phi) is 2.05. The van der Waals surface area contributed by atoms with Crippen LogP contribution >= 0.6 is 0 Å². The molecule has 0 aromatic heterocycles. The van der Waals surface area contributed by atoms with Gasteiger partial charge in [0, 0.05) is 24.7 Å². The molecule has 0 spiro atoms. The zero-order valence-corrected chi connectivity index (χ0v) is 7.73. The quantitative estimate of drug-likeness (QED) is 0.637. The number of hydrogen-bond donors (Lipinski definition) is 0. The van der Waals surface area contributed by atoms with Gasteiger partial charge in [0.15, 0.2) is 0 Å². The summed E-state index contributed by atoms with van der Waals surface area (Å²) in [4.78, 5) is 12.7. The summed E-state index contributed by atoms with van der Waals surface area (Å²) >= 11 is 0. The Morgan fingerprint density at radius 1 is 1.38 bits per heavy atom. The molecule has 1 aliphatic heterocycles. The second-order valence-corrected chi connectivity index (χ2v) is 3.59. The molecule has 0 unspecified atom stereocenters. The van der Waals surface area contributed by atoms with E-state index >= 15 is 0 Å². The summed E-state index contributed by atoms with van der Waals surface area (Å²) in [6.45, 7) is 3.87. The number of aldehydes is 1. The summed E-state index contributed by atoms with van der Waals surface area (Å²) in [6.07, 6.45) is 1.05. The first kappa shape index (κ1) is 8.30. The maximum absolute atomic E-state index is 10.4. The summed E-state index contributed by atoms with van der Waals surface area (Å²) in [7, 11) is 0. The predicted molar refractivity (Wildman–Crippen MR) is 52.9 cm³/mol. The SMILES string of the molecule is Cc1ccccc1N1CC(C=O)C1. The van der Waals surface area contributed by atoms with Crippen molar-refractivity contribution in [2.45, 2.75) is 6.92 Å². The van der Waals surface area contributed by atoms with Crippen molar-refractivity contribution in [3.63, 3.8) is 0 Å². The molecule has 0 aliphatic carbocycles. The van der Waals surface area contributed by atoms with Gasteiger partial charge in [-0.15, -0.1) is 0 Å². The predicted octanol–water partition coefficient (Wildman–Crippen LogP) is 1.63. The van der Waals surface area contributed by atoms with Gasteiger partial charge in [-0.2, -0.15) is 0 Å². The van der Waals surface area contributed by atoms with Crippen molar-refractivity contribution in [3.8, 4) is 0 Å². The van der Waals surface area contributed by atoms with Crippen LogP contribution < -0.4 is 4.90 Å². The zero-order chi connectivity index (χ0) is 9.26. The van der Waals surface area contributed by atoms with E-state index in [0.717, 1.165) is 19.4 Å². The summed E-state index contributed by atoms with van der Waals surface area (Å²) in [5.41, 5.74) is 2.55. The Balaban J connectivity index is 2.11. The van der Waals surface area contributed by atoms with Gasteiger partial charge in [-0.05, 0) is 18.6 Å². The molecular formula is C11H13NO. The van der Waals surface area contributed by atoms with Gasteiger partial charge >= 0.3 is 0 Å². The third kappa shape index (κ3) is 1.44. The second kappa shape index (κ2) is 3.21. The number of carbonyl (C=O) groups is 1. The van der Waals surface area contributed by atoms with Gasteiger partial charge in [-0.25, -0.2) is 0 Å². The largest absolute Gasteiger partial charge is 0.370 e. The van der Waals surface area contributed by atoms with Crippen LogP contribution in [0.3, 0.4) is 0 Å². The van der Waals surface area contributed by atoms with Crippen molar-refractivity contribution in [2.75, 3.05) is 18.0 Å². The van der Waals surface area contributed by atoms with E-state index in [4.69, 9.17) is 0 Å². The average molecular weight is 175 g/mol. The van der Waals surface area contributed by atoms with E-state index in [9.17, 15) is 4.79 Å². The molecule has 1 aromatic carbocycles. The van der Waals surface area contributed by atoms with Crippen molar-refractivity contribution < 1.29 is 4.79 Å². The summed E-state index contributed by atoms with van der Waals surface area (Å²) in [6, 6.07) is 8.28. The summed E-state index contributed by atoms with van der Waals surface area (Å²) < 4.78 is 0. The van der Waals surface area contributed by atoms with E-state index < -0.39 is 0 Å². The van der Waals surface area contributed by atoms with Crippen molar-refractivity contribution in [3.05, 3.63) is 29.8 Å². The molecule has 1 aliphatic rings. The van der Waals surface area contributed by atoms with Gasteiger partial charge in [0.05, 0.1) is 0 Å². The number of para-hydroxylation sites is 1. The smallest absolute Gasteiger partial charge is 0.126 e. The lowest BCUT2D eigenvalue weighted by Crippen LogP contribution is -2.47. The molecule has 0 amide bonds. The molecule has 13 heavy (non-hydrogen) atoms. The summed E-state index contributed by atoms with van der Waals surface area (Å²) in [5.74, 6) is 0.250. The number of hydrogen-bond acceptors (Lipinski definition) is 2. The molecule has 0 saturated carbocycles. The Hall–Kier alpha value is -1.31. The van der Waals surface area contributed by atoms with E-state index in [1.807, 2.05) is 12.1 Å². The summed E-state index contributed by atoms with van der Waals surface area (Å²) in [5, 5.41) is 0. The van der Waals surface area contributed by atoms with Crippen LogP contribution in [0.25, 0.3) is 0 Å². The van der Waals surface area contributed by atoms with Crippen LogP contribution in [0.1, 0.15) is 5.56 Å². The van der Waals surface area contributed by atoms with Crippen LogP contribution in [0.15, 0.2) is 24.3 Å². The molecule has 0 bridgehead atoms. The fraction of sp³-hybridized carbons (Fsp3) is 0.364. The van der Waals surface area contributed by atoms with Crippen LogP contribution in [0.5, 0.6) is 0 Å². The highest BCUT2D eigenvalue weighted by Gasteiger charge is 2.26. The van der Waals surface area contributed by atoms with Gasteiger partial charge in [0.2, 0.25) is 0 Å². The molecule has 2 heteroatoms. The van der Waals surface area contributed by atoms with Crippen molar-refractivity contribution in [1.29, 1.82) is 0 Å². The van der Waals surface area contributed by atoms with Crippen molar-refractivity contribution in [2.24, 2.45) is 5.92 Å². The van der Waals surface area contributed by atoms with Crippen LogP contribution in [0.4, 0.5) is 5.69 Å². The van der Waals surface area contributed by atoms with E-state index in [-0.39, 0.29) is 5.92 Å². The molecule has 68 valence electrons. The Labute approximate surface area is 78.2 Å². The fourth-order valence-electron chi connectivity index (χ4n) is 1.71. The van der Waals surface area contributed by atoms with E-state index in [1.165, 1.54) is 11.3 Å². The van der Waals surface area contributed by atoms with Gasteiger partial charge in [-0.3, -0.25) is 0 Å². The minimum absolute atomic E-state index is 0.250. The monoisotopic (exact) mass is 175 g/mol. The first-order valence-corrected chi connectivity index (χ1v) is 4.57. The number of rotatable bonds is 2. The van der Waals surface area contributed by atoms with Crippen LogP contribution in [-0.4, -0.2) is 19.4 Å². The molecule has 0 atom stereocenters. The van der Waals surface area contributed by atoms with E-state index in [2.05, 4.69) is 24.0 Å². The molecule has 0 N–H and O–H groups in total. The number of nitrogens with zero attached hydrogens (tertiary/aromatic N) is 1. The zero-order valence-electron chi connectivity index (χ0n) is 7.73. The minimum atomic E-state index is 0.250. The van der Waals surface area contributed by atoms with Crippen molar-refractivity contribution in [1.82, 2.24) is 0 Å². The van der Waals surface area contributed by atoms with Crippen molar-refractivity contribution >= 4 is 12.0 Å². The number of carbonyl (C=O) groups excluding carboxylic acids is 1. The average Bonchev–Trinajstić information content (AvgIpc) is 2.06. The third-order valence-electron chi connectivity index (χ3n) is 2.56. The number of aryl methyl sites for hydroxylation is 1. The first-order chi connectivity index (χ1) is 6.31. The molecule has 1 fully saturated rings. The fourth-order valence-corrected chi connectivity index (χ4v) is 1.71. The molecular weight excluding hydrogens is 162 g/mol. The highest BCUT2D eigenvalue weighted by molar-refractivity contribution is 5.64. The van der Waals surface area contributed by atoms with Crippen LogP contribution in [0, 0.1) is 12.8 Å². The van der Waals surface area contributed by atoms with Gasteiger partial charge in [0.25, 0.3) is 0 Å². The maximum Gasteiger partial charge on any atom is 0.126 e. The van der Waals surface area contributed by atoms with Crippen LogP contribution in [0.2, 0.25) is 0 Å². The van der Waals surface area contributed by atoms with Crippen LogP contribution in [-0.2, 0) is 4.79 Å². The minimum Gasteiger partial charge on any atom is -0.370 e. The van der Waals surface area contributed by atoms with E-state index in [1.54, 1.807) is 0 Å². The number of anilines is 1. The molecule has 2 rings (SSSR count). The lowest BCUT2D eigenvalue weighted by molar-refractivity contribution is -0.111. The Morgan fingerprint density at radius 3 is 2.69 bits per heavy atom. The van der Waals surface area contributed by atoms with E-state index in [0.29, 0.717) is 0 Å². The number of benzene rings is 1. The molecule has 0 radical (unpaired) electrons. The highest BCUT2D eigenvalue weighted by Crippen LogP contribution is 2.26. The maximum atomic E-state index is 10.4. The molecule has 2 nitrogen and oxygen atoms in total. The Bertz CT molecular complexity index is 316. The third-order valence-corrected chi connectivity index (χ3v) is 2.56. The van der Waals surface area contributed by atoms with Gasteiger partial charge in [0.1, 0.15) is 6.29 Å². The topological polar surface area (TPSA) is 20.3 Å². The highest BCUT2D eigenvalue weighted by atomic mass is 16.1. The first-order valence-electron chi connectivity index (χ1n) is 4.57. The van der Waals surface area contributed by atoms with Gasteiger partial charge < -0.3 is 9.69 Å². The molecule has 1 heterocycles. The van der Waals surface area contributed by atoms with Gasteiger partial charge in [-0.1, -0.05) is 18.2 Å². The lowest BCUT2D eigenvalue weighted by atomic mass is 10.00. The molecule has 1 saturated heterocycles. The Morgan fingerprint density at radius 2 is 2.08 bits per heavy atom. The lowest BCUT2D eigenvalue weighted by Gasteiger charge is -2.39.